The second kappa shape index (κ2) is 5.05. The summed E-state index contributed by atoms with van der Waals surface area (Å²) < 4.78 is 10.2. The number of ether oxygens (including phenoxy) is 1. The highest BCUT2D eigenvalue weighted by Crippen LogP contribution is 2.37. The van der Waals surface area contributed by atoms with Gasteiger partial charge in [-0.15, -0.1) is 11.3 Å². The predicted octanol–water partition coefficient (Wildman–Crippen LogP) is 3.31. The topological polar surface area (TPSA) is 72.6 Å². The molecule has 0 bridgehead atoms. The van der Waals surface area contributed by atoms with Crippen molar-refractivity contribution in [2.75, 3.05) is 0 Å². The number of carboxylic acid groups (broad SMARTS) is 1. The quantitative estimate of drug-likeness (QED) is 0.930. The first-order valence-electron chi connectivity index (χ1n) is 5.76. The van der Waals surface area contributed by atoms with Crippen LogP contribution in [0.2, 0.25) is 0 Å². The van der Waals surface area contributed by atoms with Crippen LogP contribution in [0.15, 0.2) is 23.0 Å². The lowest BCUT2D eigenvalue weighted by molar-refractivity contribution is 0.0697. The molecule has 1 N–H and O–H groups in total. The standard InChI is InChI=1S/C13H15NO4S/c1-13(2,3)10-4-9(11(19-10)12(15)16)17-6-8-5-14-18-7-8/h4-5,7H,6H2,1-3H3,(H,15,16). The Morgan fingerprint density at radius 2 is 2.26 bits per heavy atom. The Morgan fingerprint density at radius 3 is 2.79 bits per heavy atom. The Kier molecular flexibility index (Phi) is 3.61. The summed E-state index contributed by atoms with van der Waals surface area (Å²) >= 11 is 1.25. The third-order valence-electron chi connectivity index (χ3n) is 2.51. The van der Waals surface area contributed by atoms with E-state index in [1.807, 2.05) is 20.8 Å². The Labute approximate surface area is 114 Å². The lowest BCUT2D eigenvalue weighted by Crippen LogP contribution is -2.08. The third-order valence-corrected chi connectivity index (χ3v) is 4.04. The molecule has 6 heteroatoms. The maximum absolute atomic E-state index is 11.2. The molecule has 2 heterocycles. The molecule has 0 spiro atoms. The van der Waals surface area contributed by atoms with Gasteiger partial charge in [-0.1, -0.05) is 25.9 Å². The summed E-state index contributed by atoms with van der Waals surface area (Å²) in [7, 11) is 0. The van der Waals surface area contributed by atoms with Crippen molar-refractivity contribution in [1.29, 1.82) is 0 Å². The fraction of sp³-hybridized carbons (Fsp3) is 0.385. The van der Waals surface area contributed by atoms with Gasteiger partial charge in [0, 0.05) is 10.4 Å². The highest BCUT2D eigenvalue weighted by atomic mass is 32.1. The van der Waals surface area contributed by atoms with Crippen LogP contribution in [0.5, 0.6) is 5.75 Å². The number of hydrogen-bond donors (Lipinski definition) is 1. The molecule has 0 aliphatic carbocycles. The fourth-order valence-corrected chi connectivity index (χ4v) is 2.46. The average Bonchev–Trinajstić information content (AvgIpc) is 2.94. The number of nitrogens with zero attached hydrogens (tertiary/aromatic N) is 1. The van der Waals surface area contributed by atoms with Gasteiger partial charge in [0.05, 0.1) is 6.20 Å². The normalized spacial score (nSPS) is 11.5. The number of aromatic nitrogens is 1. The largest absolute Gasteiger partial charge is 0.487 e. The zero-order chi connectivity index (χ0) is 14.0. The van der Waals surface area contributed by atoms with E-state index >= 15 is 0 Å². The van der Waals surface area contributed by atoms with E-state index in [9.17, 15) is 9.90 Å². The number of thiophene rings is 1. The van der Waals surface area contributed by atoms with Crippen molar-refractivity contribution in [3.63, 3.8) is 0 Å². The lowest BCUT2D eigenvalue weighted by atomic mass is 9.95. The first-order valence-corrected chi connectivity index (χ1v) is 6.58. The molecule has 0 unspecified atom stereocenters. The first kappa shape index (κ1) is 13.6. The molecule has 0 saturated heterocycles. The van der Waals surface area contributed by atoms with E-state index in [-0.39, 0.29) is 16.9 Å². The minimum absolute atomic E-state index is 0.103. The van der Waals surface area contributed by atoms with Crippen LogP contribution >= 0.6 is 11.3 Å². The lowest BCUT2D eigenvalue weighted by Gasteiger charge is -2.14. The van der Waals surface area contributed by atoms with Crippen molar-refractivity contribution in [3.8, 4) is 5.75 Å². The van der Waals surface area contributed by atoms with Crippen molar-refractivity contribution >= 4 is 17.3 Å². The van der Waals surface area contributed by atoms with Gasteiger partial charge in [0.1, 0.15) is 18.6 Å². The van der Waals surface area contributed by atoms with Crippen LogP contribution in [0.3, 0.4) is 0 Å². The van der Waals surface area contributed by atoms with E-state index in [0.717, 1.165) is 10.4 Å². The molecule has 0 amide bonds. The summed E-state index contributed by atoms with van der Waals surface area (Å²) in [6.45, 7) is 6.35. The number of aromatic carboxylic acids is 1. The molecule has 2 aromatic rings. The van der Waals surface area contributed by atoms with Crippen molar-refractivity contribution in [2.45, 2.75) is 32.8 Å². The van der Waals surface area contributed by atoms with E-state index in [1.54, 1.807) is 6.07 Å². The smallest absolute Gasteiger partial charge is 0.349 e. The molecule has 5 nitrogen and oxygen atoms in total. The number of carboxylic acids is 1. The number of carbonyl (C=O) groups is 1. The van der Waals surface area contributed by atoms with Gasteiger partial charge < -0.3 is 14.4 Å². The minimum Gasteiger partial charge on any atom is -0.487 e. The molecule has 2 rings (SSSR count). The van der Waals surface area contributed by atoms with Crippen LogP contribution in [0, 0.1) is 0 Å². The van der Waals surface area contributed by atoms with Crippen molar-refractivity contribution < 1.29 is 19.2 Å². The van der Waals surface area contributed by atoms with Crippen molar-refractivity contribution in [3.05, 3.63) is 33.8 Å². The Hall–Kier alpha value is -1.82. The average molecular weight is 281 g/mol. The van der Waals surface area contributed by atoms with Gasteiger partial charge in [-0.25, -0.2) is 4.79 Å². The molecule has 0 aliphatic heterocycles. The van der Waals surface area contributed by atoms with Gasteiger partial charge in [-0.05, 0) is 11.5 Å². The van der Waals surface area contributed by atoms with E-state index in [0.29, 0.717) is 5.75 Å². The minimum atomic E-state index is -0.971. The SMILES string of the molecule is CC(C)(C)c1cc(OCc2cnoc2)c(C(=O)O)s1. The third kappa shape index (κ3) is 3.14. The van der Waals surface area contributed by atoms with Gasteiger partial charge >= 0.3 is 5.97 Å². The summed E-state index contributed by atoms with van der Waals surface area (Å²) in [5.41, 5.74) is 0.660. The molecule has 0 radical (unpaired) electrons. The number of rotatable bonds is 4. The molecule has 0 atom stereocenters. The monoisotopic (exact) mass is 281 g/mol. The molecular formula is C13H15NO4S. The van der Waals surface area contributed by atoms with Gasteiger partial charge in [-0.2, -0.15) is 0 Å². The molecular weight excluding hydrogens is 266 g/mol. The second-order valence-corrected chi connectivity index (χ2v) is 6.23. The van der Waals surface area contributed by atoms with Crippen molar-refractivity contribution in [2.24, 2.45) is 0 Å². The highest BCUT2D eigenvalue weighted by molar-refractivity contribution is 7.14. The maximum atomic E-state index is 11.2. The van der Waals surface area contributed by atoms with Crippen LogP contribution < -0.4 is 4.74 Å². The predicted molar refractivity (Wildman–Crippen MR) is 70.8 cm³/mol. The number of hydrogen-bond acceptors (Lipinski definition) is 5. The fourth-order valence-electron chi connectivity index (χ4n) is 1.46. The van der Waals surface area contributed by atoms with Gasteiger partial charge in [0.25, 0.3) is 0 Å². The molecule has 19 heavy (non-hydrogen) atoms. The summed E-state index contributed by atoms with van der Waals surface area (Å²) in [4.78, 5) is 12.4. The zero-order valence-electron chi connectivity index (χ0n) is 11.0. The molecule has 0 aliphatic rings. The van der Waals surface area contributed by atoms with Crippen LogP contribution in [0.1, 0.15) is 40.9 Å². The van der Waals surface area contributed by atoms with E-state index in [2.05, 4.69) is 5.16 Å². The van der Waals surface area contributed by atoms with E-state index in [4.69, 9.17) is 9.26 Å². The zero-order valence-corrected chi connectivity index (χ0v) is 11.8. The molecule has 2 aromatic heterocycles. The Balaban J connectivity index is 2.23. The first-order chi connectivity index (χ1) is 8.88. The van der Waals surface area contributed by atoms with E-state index in [1.165, 1.54) is 23.8 Å². The van der Waals surface area contributed by atoms with Crippen LogP contribution in [-0.2, 0) is 12.0 Å². The Bertz CT molecular complexity index is 566. The summed E-state index contributed by atoms with van der Waals surface area (Å²) in [6, 6.07) is 1.79. The summed E-state index contributed by atoms with van der Waals surface area (Å²) in [6.07, 6.45) is 3.01. The molecule has 0 saturated carbocycles. The molecule has 102 valence electrons. The van der Waals surface area contributed by atoms with Crippen LogP contribution in [0.4, 0.5) is 0 Å². The van der Waals surface area contributed by atoms with Gasteiger partial charge in [0.15, 0.2) is 4.88 Å². The van der Waals surface area contributed by atoms with Gasteiger partial charge in [0.2, 0.25) is 0 Å². The highest BCUT2D eigenvalue weighted by Gasteiger charge is 2.23. The maximum Gasteiger partial charge on any atom is 0.349 e. The summed E-state index contributed by atoms with van der Waals surface area (Å²) in [5, 5.41) is 12.8. The Morgan fingerprint density at radius 1 is 1.53 bits per heavy atom. The molecule has 0 fully saturated rings. The molecule has 0 aromatic carbocycles. The van der Waals surface area contributed by atoms with Crippen LogP contribution in [-0.4, -0.2) is 16.2 Å². The van der Waals surface area contributed by atoms with Gasteiger partial charge in [-0.3, -0.25) is 0 Å². The summed E-state index contributed by atoms with van der Waals surface area (Å²) in [5.74, 6) is -0.579. The second-order valence-electron chi connectivity index (χ2n) is 5.18. The van der Waals surface area contributed by atoms with Crippen LogP contribution in [0.25, 0.3) is 0 Å². The van der Waals surface area contributed by atoms with Crippen molar-refractivity contribution in [1.82, 2.24) is 5.16 Å². The van der Waals surface area contributed by atoms with E-state index < -0.39 is 5.97 Å².